The number of hydrogen-bond donors (Lipinski definition) is 1. The second-order valence-corrected chi connectivity index (χ2v) is 7.10. The molecule has 0 saturated carbocycles. The number of hydrogen-bond acceptors (Lipinski definition) is 4. The molecule has 0 bridgehead atoms. The zero-order valence-electron chi connectivity index (χ0n) is 17.9. The lowest BCUT2D eigenvalue weighted by Crippen LogP contribution is -2.19. The van der Waals surface area contributed by atoms with Crippen molar-refractivity contribution in [3.05, 3.63) is 94.5 Å². The maximum atomic E-state index is 13.4. The Hall–Kier alpha value is -4.13. The number of aromatic nitrogens is 2. The monoisotopic (exact) mass is 431 g/mol. The molecule has 4 rings (SSSR count). The van der Waals surface area contributed by atoms with E-state index < -0.39 is 0 Å². The first-order valence-electron chi connectivity index (χ1n) is 9.95. The first-order chi connectivity index (χ1) is 15.5. The Labute approximate surface area is 184 Å². The lowest BCUT2D eigenvalue weighted by molar-refractivity contribution is 0.415. The molecule has 0 fully saturated rings. The fraction of sp³-hybridized carbons (Fsp3) is 0.120. The van der Waals surface area contributed by atoms with Crippen LogP contribution in [-0.2, 0) is 0 Å². The summed E-state index contributed by atoms with van der Waals surface area (Å²) in [6.45, 7) is 1.79. The topological polar surface area (TPSA) is 68.6 Å². The molecule has 1 N–H and O–H groups in total. The number of benzene rings is 3. The smallest absolute Gasteiger partial charge is 0.280 e. The number of nitrogens with one attached hydrogen (secondary N) is 1. The second kappa shape index (κ2) is 8.93. The Morgan fingerprint density at radius 3 is 2.00 bits per heavy atom. The van der Waals surface area contributed by atoms with Gasteiger partial charge in [-0.15, -0.1) is 0 Å². The number of aliphatic imine (C=N–C) groups is 1. The summed E-state index contributed by atoms with van der Waals surface area (Å²) in [5.41, 5.74) is 3.31. The normalized spacial score (nSPS) is 11.4. The van der Waals surface area contributed by atoms with E-state index in [0.29, 0.717) is 34.1 Å². The van der Waals surface area contributed by atoms with Crippen LogP contribution in [0.2, 0.25) is 0 Å². The van der Waals surface area contributed by atoms with Crippen molar-refractivity contribution in [1.29, 1.82) is 0 Å². The highest BCUT2D eigenvalue weighted by molar-refractivity contribution is 6.04. The van der Waals surface area contributed by atoms with Crippen molar-refractivity contribution in [3.63, 3.8) is 0 Å². The Kier molecular flexibility index (Phi) is 5.89. The Morgan fingerprint density at radius 1 is 0.875 bits per heavy atom. The summed E-state index contributed by atoms with van der Waals surface area (Å²) in [4.78, 5) is 18.1. The molecule has 7 heteroatoms. The molecular weight excluding hydrogens is 409 g/mol. The minimum absolute atomic E-state index is 0.280. The second-order valence-electron chi connectivity index (χ2n) is 7.10. The summed E-state index contributed by atoms with van der Waals surface area (Å²) in [5, 5.41) is 3.16. The highest BCUT2D eigenvalue weighted by Crippen LogP contribution is 2.26. The van der Waals surface area contributed by atoms with Gasteiger partial charge in [0.25, 0.3) is 5.56 Å². The maximum absolute atomic E-state index is 13.4. The first kappa shape index (κ1) is 21.1. The molecule has 6 nitrogen and oxygen atoms in total. The molecule has 4 aromatic rings. The SMILES string of the molecule is COc1ccc(N=C(C)c2c(-c3ccc(OC)cc3)[nH]n(-c3ccc(F)cc3)c2=O)cc1. The van der Waals surface area contributed by atoms with E-state index in [1.807, 2.05) is 48.5 Å². The summed E-state index contributed by atoms with van der Waals surface area (Å²) in [5.74, 6) is 1.06. The van der Waals surface area contributed by atoms with Gasteiger partial charge in [0.1, 0.15) is 17.3 Å². The van der Waals surface area contributed by atoms with Crippen molar-refractivity contribution >= 4 is 11.4 Å². The summed E-state index contributed by atoms with van der Waals surface area (Å²) < 4.78 is 25.2. The number of ether oxygens (including phenoxy) is 2. The number of rotatable bonds is 6. The molecule has 0 unspecified atom stereocenters. The van der Waals surface area contributed by atoms with Gasteiger partial charge in [0.05, 0.1) is 42.6 Å². The molecule has 0 spiro atoms. The summed E-state index contributed by atoms with van der Waals surface area (Å²) in [6.07, 6.45) is 0. The molecule has 0 amide bonds. The lowest BCUT2D eigenvalue weighted by atomic mass is 10.0. The van der Waals surface area contributed by atoms with Crippen LogP contribution in [0.4, 0.5) is 10.1 Å². The quantitative estimate of drug-likeness (QED) is 0.431. The number of halogens is 1. The van der Waals surface area contributed by atoms with Crippen LogP contribution in [0.3, 0.4) is 0 Å². The van der Waals surface area contributed by atoms with Gasteiger partial charge in [-0.05, 0) is 79.7 Å². The predicted molar refractivity (Wildman–Crippen MR) is 123 cm³/mol. The third-order valence-electron chi connectivity index (χ3n) is 5.09. The third-order valence-corrected chi connectivity index (χ3v) is 5.09. The van der Waals surface area contributed by atoms with Crippen molar-refractivity contribution in [3.8, 4) is 28.4 Å². The van der Waals surface area contributed by atoms with Gasteiger partial charge < -0.3 is 9.47 Å². The molecular formula is C25H22FN3O3. The van der Waals surface area contributed by atoms with Gasteiger partial charge in [-0.2, -0.15) is 0 Å². The zero-order chi connectivity index (χ0) is 22.7. The van der Waals surface area contributed by atoms with E-state index in [0.717, 1.165) is 11.3 Å². The largest absolute Gasteiger partial charge is 0.497 e. The molecule has 0 radical (unpaired) electrons. The van der Waals surface area contributed by atoms with Crippen LogP contribution in [0, 0.1) is 5.82 Å². The van der Waals surface area contributed by atoms with Crippen molar-refractivity contribution < 1.29 is 13.9 Å². The van der Waals surface area contributed by atoms with Crippen molar-refractivity contribution in [2.45, 2.75) is 6.92 Å². The van der Waals surface area contributed by atoms with Crippen molar-refractivity contribution in [2.24, 2.45) is 4.99 Å². The van der Waals surface area contributed by atoms with Gasteiger partial charge in [0.15, 0.2) is 0 Å². The first-order valence-corrected chi connectivity index (χ1v) is 9.95. The summed E-state index contributed by atoms with van der Waals surface area (Å²) in [7, 11) is 3.20. The van der Waals surface area contributed by atoms with E-state index in [-0.39, 0.29) is 11.4 Å². The standard InChI is InChI=1S/C25H22FN3O3/c1-16(27-19-8-14-22(32-3)15-9-19)23-24(17-4-12-21(31-2)13-5-17)28-29(25(23)30)20-10-6-18(26)7-11-20/h4-15,28H,1-3H3. The Balaban J connectivity index is 1.87. The van der Waals surface area contributed by atoms with Gasteiger partial charge in [0.2, 0.25) is 0 Å². The Morgan fingerprint density at radius 2 is 1.44 bits per heavy atom. The van der Waals surface area contributed by atoms with Crippen LogP contribution in [-0.4, -0.2) is 29.7 Å². The van der Waals surface area contributed by atoms with Gasteiger partial charge in [-0.3, -0.25) is 14.9 Å². The molecule has 1 heterocycles. The third kappa shape index (κ3) is 4.18. The number of aromatic amines is 1. The van der Waals surface area contributed by atoms with Crippen molar-refractivity contribution in [2.75, 3.05) is 14.2 Å². The van der Waals surface area contributed by atoms with Crippen molar-refractivity contribution in [1.82, 2.24) is 9.78 Å². The molecule has 0 aliphatic carbocycles. The average molecular weight is 431 g/mol. The molecule has 0 aliphatic heterocycles. The molecule has 162 valence electrons. The van der Waals surface area contributed by atoms with Crippen LogP contribution in [0.5, 0.6) is 11.5 Å². The fourth-order valence-electron chi connectivity index (χ4n) is 3.42. The van der Waals surface area contributed by atoms with Gasteiger partial charge in [-0.1, -0.05) is 0 Å². The fourth-order valence-corrected chi connectivity index (χ4v) is 3.42. The van der Waals surface area contributed by atoms with E-state index in [9.17, 15) is 9.18 Å². The van der Waals surface area contributed by atoms with Crippen LogP contribution in [0.1, 0.15) is 12.5 Å². The van der Waals surface area contributed by atoms with Gasteiger partial charge >= 0.3 is 0 Å². The van der Waals surface area contributed by atoms with E-state index >= 15 is 0 Å². The average Bonchev–Trinajstić information content (AvgIpc) is 3.17. The van der Waals surface area contributed by atoms with Gasteiger partial charge in [0, 0.05) is 5.56 Å². The maximum Gasteiger partial charge on any atom is 0.280 e. The van der Waals surface area contributed by atoms with Crippen LogP contribution >= 0.6 is 0 Å². The van der Waals surface area contributed by atoms with Crippen LogP contribution < -0.4 is 15.0 Å². The molecule has 0 aliphatic rings. The van der Waals surface area contributed by atoms with Crippen LogP contribution in [0.25, 0.3) is 16.9 Å². The molecule has 3 aromatic carbocycles. The zero-order valence-corrected chi connectivity index (χ0v) is 17.9. The van der Waals surface area contributed by atoms with E-state index in [1.165, 1.54) is 16.8 Å². The molecule has 0 atom stereocenters. The van der Waals surface area contributed by atoms with Gasteiger partial charge in [-0.25, -0.2) is 9.07 Å². The van der Waals surface area contributed by atoms with E-state index in [2.05, 4.69) is 10.1 Å². The highest BCUT2D eigenvalue weighted by atomic mass is 19.1. The lowest BCUT2D eigenvalue weighted by Gasteiger charge is -2.05. The minimum atomic E-state index is -0.374. The molecule has 32 heavy (non-hydrogen) atoms. The summed E-state index contributed by atoms with van der Waals surface area (Å²) >= 11 is 0. The number of nitrogens with zero attached hydrogens (tertiary/aromatic N) is 2. The Bertz CT molecular complexity index is 1300. The minimum Gasteiger partial charge on any atom is -0.497 e. The summed E-state index contributed by atoms with van der Waals surface area (Å²) in [6, 6.07) is 20.4. The molecule has 0 saturated heterocycles. The predicted octanol–water partition coefficient (Wildman–Crippen LogP) is 5.13. The number of methoxy groups -OCH3 is 2. The van der Waals surface area contributed by atoms with E-state index in [1.54, 1.807) is 33.3 Å². The number of H-pyrrole nitrogens is 1. The van der Waals surface area contributed by atoms with E-state index in [4.69, 9.17) is 9.47 Å². The van der Waals surface area contributed by atoms with Crippen LogP contribution in [0.15, 0.2) is 82.6 Å². The molecule has 1 aromatic heterocycles. The highest BCUT2D eigenvalue weighted by Gasteiger charge is 2.19.